The van der Waals surface area contributed by atoms with Gasteiger partial charge in [-0.05, 0) is 44.9 Å². The Morgan fingerprint density at radius 1 is 1.32 bits per heavy atom. The molecule has 4 N–H and O–H groups in total. The molecule has 0 heterocycles. The third-order valence-corrected chi connectivity index (χ3v) is 4.53. The van der Waals surface area contributed by atoms with Gasteiger partial charge in [-0.3, -0.25) is 9.59 Å². The SMILES string of the molecule is CCC(C)(CN)C(=O)NCC1CCC(C(=O)O)CC1. The van der Waals surface area contributed by atoms with Gasteiger partial charge in [-0.1, -0.05) is 6.92 Å². The van der Waals surface area contributed by atoms with Crippen LogP contribution < -0.4 is 11.1 Å². The van der Waals surface area contributed by atoms with Crippen molar-refractivity contribution in [3.8, 4) is 0 Å². The van der Waals surface area contributed by atoms with Crippen molar-refractivity contribution in [2.45, 2.75) is 46.0 Å². The van der Waals surface area contributed by atoms with Gasteiger partial charge in [0, 0.05) is 13.1 Å². The predicted octanol–water partition coefficient (Wildman–Crippen LogP) is 1.37. The van der Waals surface area contributed by atoms with Crippen molar-refractivity contribution in [3.05, 3.63) is 0 Å². The second-order valence-electron chi connectivity index (χ2n) is 5.88. The van der Waals surface area contributed by atoms with Crippen molar-refractivity contribution in [1.82, 2.24) is 5.32 Å². The number of aliphatic carboxylic acids is 1. The smallest absolute Gasteiger partial charge is 0.306 e. The molecule has 110 valence electrons. The molecule has 1 saturated carbocycles. The van der Waals surface area contributed by atoms with E-state index in [4.69, 9.17) is 10.8 Å². The zero-order chi connectivity index (χ0) is 14.5. The summed E-state index contributed by atoms with van der Waals surface area (Å²) in [5, 5.41) is 11.9. The molecule has 1 rings (SSSR count). The number of carboxylic acid groups (broad SMARTS) is 1. The molecule has 19 heavy (non-hydrogen) atoms. The molecule has 1 atom stereocenters. The van der Waals surface area contributed by atoms with Crippen LogP contribution in [0, 0.1) is 17.3 Å². The van der Waals surface area contributed by atoms with Crippen LogP contribution in [0.3, 0.4) is 0 Å². The van der Waals surface area contributed by atoms with E-state index in [2.05, 4.69) is 5.32 Å². The fraction of sp³-hybridized carbons (Fsp3) is 0.857. The lowest BCUT2D eigenvalue weighted by Gasteiger charge is -2.29. The number of amides is 1. The highest BCUT2D eigenvalue weighted by molar-refractivity contribution is 5.82. The Labute approximate surface area is 114 Å². The monoisotopic (exact) mass is 270 g/mol. The molecule has 0 radical (unpaired) electrons. The van der Waals surface area contributed by atoms with Crippen molar-refractivity contribution in [2.24, 2.45) is 23.0 Å². The van der Waals surface area contributed by atoms with Gasteiger partial charge >= 0.3 is 5.97 Å². The molecule has 1 unspecified atom stereocenters. The van der Waals surface area contributed by atoms with Crippen LogP contribution in [0.15, 0.2) is 0 Å². The van der Waals surface area contributed by atoms with Crippen LogP contribution in [-0.4, -0.2) is 30.1 Å². The van der Waals surface area contributed by atoms with Gasteiger partial charge in [0.25, 0.3) is 0 Å². The first-order valence-corrected chi connectivity index (χ1v) is 7.14. The second-order valence-corrected chi connectivity index (χ2v) is 5.88. The fourth-order valence-electron chi connectivity index (χ4n) is 2.46. The van der Waals surface area contributed by atoms with E-state index >= 15 is 0 Å². The molecule has 0 aromatic heterocycles. The van der Waals surface area contributed by atoms with Gasteiger partial charge < -0.3 is 16.2 Å². The number of carbonyl (C=O) groups excluding carboxylic acids is 1. The van der Waals surface area contributed by atoms with Gasteiger partial charge in [-0.15, -0.1) is 0 Å². The van der Waals surface area contributed by atoms with E-state index < -0.39 is 11.4 Å². The maximum atomic E-state index is 12.1. The second kappa shape index (κ2) is 6.89. The Bertz CT molecular complexity index is 319. The maximum Gasteiger partial charge on any atom is 0.306 e. The Hall–Kier alpha value is -1.10. The minimum absolute atomic E-state index is 0.0119. The molecule has 1 aliphatic carbocycles. The van der Waals surface area contributed by atoms with Crippen LogP contribution >= 0.6 is 0 Å². The minimum Gasteiger partial charge on any atom is -0.481 e. The Kier molecular flexibility index (Phi) is 5.79. The van der Waals surface area contributed by atoms with Crippen molar-refractivity contribution in [3.63, 3.8) is 0 Å². The van der Waals surface area contributed by atoms with E-state index in [0.717, 1.165) is 32.1 Å². The van der Waals surface area contributed by atoms with Gasteiger partial charge in [0.1, 0.15) is 0 Å². The highest BCUT2D eigenvalue weighted by Gasteiger charge is 2.31. The zero-order valence-electron chi connectivity index (χ0n) is 11.9. The first-order valence-electron chi connectivity index (χ1n) is 7.14. The molecule has 0 spiro atoms. The fourth-order valence-corrected chi connectivity index (χ4v) is 2.46. The minimum atomic E-state index is -0.691. The number of rotatable bonds is 6. The van der Waals surface area contributed by atoms with E-state index in [1.54, 1.807) is 0 Å². The topological polar surface area (TPSA) is 92.4 Å². The molecule has 0 bridgehead atoms. The van der Waals surface area contributed by atoms with Gasteiger partial charge in [0.15, 0.2) is 0 Å². The Morgan fingerprint density at radius 3 is 2.32 bits per heavy atom. The summed E-state index contributed by atoms with van der Waals surface area (Å²) in [5.41, 5.74) is 5.16. The first kappa shape index (κ1) is 16.0. The lowest BCUT2D eigenvalue weighted by Crippen LogP contribution is -2.45. The number of carboxylic acids is 1. The van der Waals surface area contributed by atoms with Crippen LogP contribution in [-0.2, 0) is 9.59 Å². The lowest BCUT2D eigenvalue weighted by atomic mass is 9.81. The number of nitrogens with one attached hydrogen (secondary N) is 1. The summed E-state index contributed by atoms with van der Waals surface area (Å²) in [6, 6.07) is 0. The van der Waals surface area contributed by atoms with Crippen molar-refractivity contribution >= 4 is 11.9 Å². The number of nitrogens with two attached hydrogens (primary N) is 1. The lowest BCUT2D eigenvalue weighted by molar-refractivity contribution is -0.143. The highest BCUT2D eigenvalue weighted by Crippen LogP contribution is 2.28. The summed E-state index contributed by atoms with van der Waals surface area (Å²) in [7, 11) is 0. The molecule has 5 nitrogen and oxygen atoms in total. The molecule has 1 fully saturated rings. The van der Waals surface area contributed by atoms with Gasteiger partial charge in [-0.25, -0.2) is 0 Å². The summed E-state index contributed by atoms with van der Waals surface area (Å²) in [6.07, 6.45) is 3.92. The van der Waals surface area contributed by atoms with E-state index in [1.807, 2.05) is 13.8 Å². The molecule has 1 amide bonds. The highest BCUT2D eigenvalue weighted by atomic mass is 16.4. The molecule has 0 aromatic rings. The largest absolute Gasteiger partial charge is 0.481 e. The van der Waals surface area contributed by atoms with Gasteiger partial charge in [-0.2, -0.15) is 0 Å². The molecule has 1 aliphatic rings. The van der Waals surface area contributed by atoms with Crippen molar-refractivity contribution in [2.75, 3.05) is 13.1 Å². The Balaban J connectivity index is 2.35. The number of hydrogen-bond donors (Lipinski definition) is 3. The number of hydrogen-bond acceptors (Lipinski definition) is 3. The van der Waals surface area contributed by atoms with Crippen LogP contribution in [0.5, 0.6) is 0 Å². The maximum absolute atomic E-state index is 12.1. The summed E-state index contributed by atoms with van der Waals surface area (Å²) < 4.78 is 0. The summed E-state index contributed by atoms with van der Waals surface area (Å²) in [6.45, 7) is 4.83. The van der Waals surface area contributed by atoms with E-state index in [0.29, 0.717) is 19.0 Å². The molecule has 0 saturated heterocycles. The van der Waals surface area contributed by atoms with Crippen molar-refractivity contribution in [1.29, 1.82) is 0 Å². The third-order valence-electron chi connectivity index (χ3n) is 4.53. The standard InChI is InChI=1S/C14H26N2O3/c1-3-14(2,9-15)13(19)16-8-10-4-6-11(7-5-10)12(17)18/h10-11H,3-9,15H2,1-2H3,(H,16,19)(H,17,18). The van der Waals surface area contributed by atoms with Gasteiger partial charge in [0.2, 0.25) is 5.91 Å². The summed E-state index contributed by atoms with van der Waals surface area (Å²) >= 11 is 0. The third kappa shape index (κ3) is 4.20. The van der Waals surface area contributed by atoms with E-state index in [1.165, 1.54) is 0 Å². The normalized spacial score (nSPS) is 26.5. The number of carbonyl (C=O) groups is 2. The quantitative estimate of drug-likeness (QED) is 0.679. The molecule has 0 aromatic carbocycles. The zero-order valence-corrected chi connectivity index (χ0v) is 11.9. The van der Waals surface area contributed by atoms with Crippen LogP contribution in [0.1, 0.15) is 46.0 Å². The van der Waals surface area contributed by atoms with Crippen LogP contribution in [0.2, 0.25) is 0 Å². The van der Waals surface area contributed by atoms with Crippen LogP contribution in [0.25, 0.3) is 0 Å². The first-order chi connectivity index (χ1) is 8.92. The van der Waals surface area contributed by atoms with E-state index in [9.17, 15) is 9.59 Å². The van der Waals surface area contributed by atoms with Crippen molar-refractivity contribution < 1.29 is 14.7 Å². The van der Waals surface area contributed by atoms with Crippen LogP contribution in [0.4, 0.5) is 0 Å². The molecule has 0 aliphatic heterocycles. The summed E-state index contributed by atoms with van der Waals surface area (Å²) in [4.78, 5) is 22.9. The van der Waals surface area contributed by atoms with E-state index in [-0.39, 0.29) is 11.8 Å². The average Bonchev–Trinajstić information content (AvgIpc) is 2.44. The molecule has 5 heteroatoms. The van der Waals surface area contributed by atoms with Gasteiger partial charge in [0.05, 0.1) is 11.3 Å². The average molecular weight is 270 g/mol. The molecular weight excluding hydrogens is 244 g/mol. The predicted molar refractivity (Wildman–Crippen MR) is 73.5 cm³/mol. The molecular formula is C14H26N2O3. The Morgan fingerprint density at radius 2 is 1.89 bits per heavy atom. The summed E-state index contributed by atoms with van der Waals surface area (Å²) in [5.74, 6) is -0.475.